The SMILES string of the molecule is CC(C)c1nc(-c2cc(Cl)ccc2OCc2ccc([C@H]3CC[C@@H](C(F)(F)F)CC3)cc2)ccc1[N+](=O)[O-]. The third kappa shape index (κ3) is 6.42. The molecule has 0 aliphatic heterocycles. The molecule has 196 valence electrons. The molecule has 0 unspecified atom stereocenters. The second kappa shape index (κ2) is 11.1. The number of nitrogens with zero attached hydrogens (tertiary/aromatic N) is 2. The number of hydrogen-bond acceptors (Lipinski definition) is 4. The van der Waals surface area contributed by atoms with Crippen LogP contribution in [0.1, 0.15) is 68.2 Å². The maximum Gasteiger partial charge on any atom is 0.391 e. The molecule has 0 amide bonds. The average molecular weight is 533 g/mol. The van der Waals surface area contributed by atoms with Crippen LogP contribution in [0.2, 0.25) is 5.02 Å². The van der Waals surface area contributed by atoms with Gasteiger partial charge in [0.15, 0.2) is 0 Å². The second-order valence-electron chi connectivity index (χ2n) is 9.77. The van der Waals surface area contributed by atoms with Crippen molar-refractivity contribution in [3.05, 3.63) is 86.6 Å². The third-order valence-electron chi connectivity index (χ3n) is 6.90. The molecule has 0 spiro atoms. The van der Waals surface area contributed by atoms with Crippen molar-refractivity contribution >= 4 is 17.3 Å². The van der Waals surface area contributed by atoms with Gasteiger partial charge in [0.05, 0.1) is 16.5 Å². The van der Waals surface area contributed by atoms with Crippen LogP contribution in [0.25, 0.3) is 11.3 Å². The molecule has 2 aromatic carbocycles. The predicted molar refractivity (Wildman–Crippen MR) is 137 cm³/mol. The molecule has 5 nitrogen and oxygen atoms in total. The maximum absolute atomic E-state index is 13.0. The maximum atomic E-state index is 13.0. The Morgan fingerprint density at radius 2 is 1.73 bits per heavy atom. The van der Waals surface area contributed by atoms with Gasteiger partial charge in [-0.1, -0.05) is 49.7 Å². The van der Waals surface area contributed by atoms with Gasteiger partial charge < -0.3 is 4.74 Å². The molecule has 0 N–H and O–H groups in total. The van der Waals surface area contributed by atoms with Gasteiger partial charge in [-0.3, -0.25) is 10.1 Å². The molecule has 1 fully saturated rings. The van der Waals surface area contributed by atoms with Gasteiger partial charge in [-0.2, -0.15) is 13.2 Å². The van der Waals surface area contributed by atoms with Crippen molar-refractivity contribution in [1.82, 2.24) is 4.98 Å². The van der Waals surface area contributed by atoms with Gasteiger partial charge in [0, 0.05) is 22.6 Å². The predicted octanol–water partition coefficient (Wildman–Crippen LogP) is 8.85. The molecule has 0 saturated heterocycles. The van der Waals surface area contributed by atoms with Gasteiger partial charge in [0.1, 0.15) is 18.1 Å². The molecule has 37 heavy (non-hydrogen) atoms. The van der Waals surface area contributed by atoms with Crippen LogP contribution in [0, 0.1) is 16.0 Å². The van der Waals surface area contributed by atoms with Gasteiger partial charge in [-0.15, -0.1) is 0 Å². The first kappa shape index (κ1) is 26.9. The Morgan fingerprint density at radius 1 is 1.05 bits per heavy atom. The topological polar surface area (TPSA) is 65.3 Å². The molecular formula is C28H28ClF3N2O3. The summed E-state index contributed by atoms with van der Waals surface area (Å²) in [6, 6.07) is 16.0. The number of ether oxygens (including phenoxy) is 1. The normalized spacial score (nSPS) is 18.1. The number of hydrogen-bond donors (Lipinski definition) is 0. The van der Waals surface area contributed by atoms with Crippen molar-refractivity contribution in [3.8, 4) is 17.0 Å². The van der Waals surface area contributed by atoms with Crippen molar-refractivity contribution in [2.24, 2.45) is 5.92 Å². The molecule has 4 rings (SSSR count). The van der Waals surface area contributed by atoms with Gasteiger partial charge in [0.25, 0.3) is 5.69 Å². The Bertz CT molecular complexity index is 1250. The molecule has 3 aromatic rings. The van der Waals surface area contributed by atoms with Crippen molar-refractivity contribution in [2.75, 3.05) is 0 Å². The first-order valence-corrected chi connectivity index (χ1v) is 12.6. The molecule has 0 bridgehead atoms. The van der Waals surface area contributed by atoms with E-state index in [0.717, 1.165) is 11.1 Å². The fourth-order valence-corrected chi connectivity index (χ4v) is 5.00. The van der Waals surface area contributed by atoms with Gasteiger partial charge >= 0.3 is 6.18 Å². The highest BCUT2D eigenvalue weighted by Gasteiger charge is 2.41. The molecule has 0 atom stereocenters. The summed E-state index contributed by atoms with van der Waals surface area (Å²) in [5.41, 5.74) is 3.46. The van der Waals surface area contributed by atoms with E-state index in [4.69, 9.17) is 16.3 Å². The monoisotopic (exact) mass is 532 g/mol. The van der Waals surface area contributed by atoms with Crippen LogP contribution in [0.5, 0.6) is 5.75 Å². The average Bonchev–Trinajstić information content (AvgIpc) is 2.87. The van der Waals surface area contributed by atoms with E-state index in [0.29, 0.717) is 40.6 Å². The lowest BCUT2D eigenvalue weighted by molar-refractivity contribution is -0.386. The summed E-state index contributed by atoms with van der Waals surface area (Å²) < 4.78 is 45.0. The van der Waals surface area contributed by atoms with E-state index >= 15 is 0 Å². The number of benzene rings is 2. The number of halogens is 4. The molecule has 1 heterocycles. The lowest BCUT2D eigenvalue weighted by Gasteiger charge is -2.30. The zero-order chi connectivity index (χ0) is 26.7. The lowest BCUT2D eigenvalue weighted by atomic mass is 9.78. The molecule has 1 aliphatic carbocycles. The van der Waals surface area contributed by atoms with Crippen LogP contribution in [-0.2, 0) is 6.61 Å². The standard InChI is InChI=1S/C28H28ClF3N2O3/c1-17(2)27-25(34(35)36)13-12-24(33-27)23-15-22(29)11-14-26(23)37-16-18-3-5-19(6-4-18)20-7-9-21(10-8-20)28(30,31)32/h3-6,11-15,17,20-21H,7-10,16H2,1-2H3/t20-,21+. The number of pyridine rings is 1. The van der Waals surface area contributed by atoms with Gasteiger partial charge in [0.2, 0.25) is 0 Å². The van der Waals surface area contributed by atoms with Crippen molar-refractivity contribution in [2.45, 2.75) is 64.1 Å². The Morgan fingerprint density at radius 3 is 2.32 bits per heavy atom. The van der Waals surface area contributed by atoms with Crippen LogP contribution in [0.4, 0.5) is 18.9 Å². The van der Waals surface area contributed by atoms with Crippen molar-refractivity contribution in [1.29, 1.82) is 0 Å². The van der Waals surface area contributed by atoms with Crippen molar-refractivity contribution in [3.63, 3.8) is 0 Å². The van der Waals surface area contributed by atoms with E-state index in [1.807, 2.05) is 38.1 Å². The van der Waals surface area contributed by atoms with Gasteiger partial charge in [-0.25, -0.2) is 4.98 Å². The highest BCUT2D eigenvalue weighted by molar-refractivity contribution is 6.31. The van der Waals surface area contributed by atoms with Crippen LogP contribution in [0.15, 0.2) is 54.6 Å². The molecule has 1 aromatic heterocycles. The number of alkyl halides is 3. The van der Waals surface area contributed by atoms with E-state index in [1.165, 1.54) is 6.07 Å². The van der Waals surface area contributed by atoms with E-state index in [9.17, 15) is 23.3 Å². The zero-order valence-electron chi connectivity index (χ0n) is 20.6. The number of aromatic nitrogens is 1. The first-order valence-electron chi connectivity index (χ1n) is 12.3. The summed E-state index contributed by atoms with van der Waals surface area (Å²) in [7, 11) is 0. The largest absolute Gasteiger partial charge is 0.488 e. The number of rotatable bonds is 7. The van der Waals surface area contributed by atoms with Crippen LogP contribution >= 0.6 is 11.6 Å². The Labute approximate surface area is 218 Å². The summed E-state index contributed by atoms with van der Waals surface area (Å²) in [5, 5.41) is 11.9. The molecule has 9 heteroatoms. The van der Waals surface area contributed by atoms with E-state index < -0.39 is 17.0 Å². The highest BCUT2D eigenvalue weighted by atomic mass is 35.5. The van der Waals surface area contributed by atoms with E-state index in [-0.39, 0.29) is 37.0 Å². The molecular weight excluding hydrogens is 505 g/mol. The minimum absolute atomic E-state index is 0.0322. The fraction of sp³-hybridized carbons (Fsp3) is 0.393. The lowest BCUT2D eigenvalue weighted by Crippen LogP contribution is -2.27. The van der Waals surface area contributed by atoms with Crippen molar-refractivity contribution < 1.29 is 22.8 Å². The summed E-state index contributed by atoms with van der Waals surface area (Å²) in [4.78, 5) is 15.5. The Hall–Kier alpha value is -3.13. The molecule has 1 aliphatic rings. The van der Waals surface area contributed by atoms with E-state index in [1.54, 1.807) is 24.3 Å². The summed E-state index contributed by atoms with van der Waals surface area (Å²) in [6.45, 7) is 3.96. The summed E-state index contributed by atoms with van der Waals surface area (Å²) in [6.07, 6.45) is -2.68. The third-order valence-corrected chi connectivity index (χ3v) is 7.13. The smallest absolute Gasteiger partial charge is 0.391 e. The quantitative estimate of drug-likeness (QED) is 0.225. The van der Waals surface area contributed by atoms with E-state index in [2.05, 4.69) is 4.98 Å². The fourth-order valence-electron chi connectivity index (χ4n) is 4.83. The first-order chi connectivity index (χ1) is 17.5. The summed E-state index contributed by atoms with van der Waals surface area (Å²) >= 11 is 6.24. The molecule has 0 radical (unpaired) electrons. The van der Waals surface area contributed by atoms with Crippen LogP contribution < -0.4 is 4.74 Å². The Kier molecular flexibility index (Phi) is 8.07. The zero-order valence-corrected chi connectivity index (χ0v) is 21.4. The van der Waals surface area contributed by atoms with Crippen LogP contribution in [0.3, 0.4) is 0 Å². The van der Waals surface area contributed by atoms with Crippen LogP contribution in [-0.4, -0.2) is 16.1 Å². The number of nitro groups is 1. The second-order valence-corrected chi connectivity index (χ2v) is 10.2. The Balaban J connectivity index is 1.48. The van der Waals surface area contributed by atoms with Gasteiger partial charge in [-0.05, 0) is 67.0 Å². The minimum Gasteiger partial charge on any atom is -0.488 e. The highest BCUT2D eigenvalue weighted by Crippen LogP contribution is 2.43. The molecule has 1 saturated carbocycles. The summed E-state index contributed by atoms with van der Waals surface area (Å²) in [5.74, 6) is -0.660. The minimum atomic E-state index is -4.10.